The number of carbonyl (C=O) groups excluding carboxylic acids is 1. The van der Waals surface area contributed by atoms with Gasteiger partial charge in [0.15, 0.2) is 5.82 Å². The van der Waals surface area contributed by atoms with Gasteiger partial charge in [-0.05, 0) is 50.2 Å². The van der Waals surface area contributed by atoms with Crippen LogP contribution in [-0.2, 0) is 16.6 Å². The molecule has 3 rings (SSSR count). The van der Waals surface area contributed by atoms with Crippen molar-refractivity contribution in [2.24, 2.45) is 5.14 Å². The highest BCUT2D eigenvalue weighted by Gasteiger charge is 2.11. The molecule has 1 amide bonds. The number of aryl methyl sites for hydroxylation is 2. The maximum absolute atomic E-state index is 12.2. The third kappa shape index (κ3) is 4.76. The lowest BCUT2D eigenvalue weighted by Gasteiger charge is -2.09. The first-order valence-corrected chi connectivity index (χ1v) is 10.2. The van der Waals surface area contributed by atoms with Crippen LogP contribution in [0.4, 0.5) is 0 Å². The maximum Gasteiger partial charge on any atom is 0.266 e. The number of benzene rings is 1. The van der Waals surface area contributed by atoms with Gasteiger partial charge in [0.1, 0.15) is 0 Å². The minimum atomic E-state index is -3.82. The first kappa shape index (κ1) is 20.4. The number of nitrogens with one attached hydrogen (secondary N) is 1. The van der Waals surface area contributed by atoms with Gasteiger partial charge in [0.2, 0.25) is 10.0 Å². The van der Waals surface area contributed by atoms with Gasteiger partial charge in [-0.15, -0.1) is 5.10 Å². The second kappa shape index (κ2) is 7.97. The van der Waals surface area contributed by atoms with Gasteiger partial charge in [-0.25, -0.2) is 22.9 Å². The number of hydrogen-bond donors (Lipinski definition) is 2. The topological polar surface area (TPSA) is 142 Å². The summed E-state index contributed by atoms with van der Waals surface area (Å²) in [5.74, 6) is 0.0915. The van der Waals surface area contributed by atoms with Gasteiger partial charge in [0.05, 0.1) is 17.1 Å². The van der Waals surface area contributed by atoms with Crippen LogP contribution in [0.15, 0.2) is 52.2 Å². The minimum absolute atomic E-state index is 0.0780. The molecule has 2 aromatic heterocycles. The molecule has 1 aromatic carbocycles. The molecule has 0 saturated carbocycles. The quantitative estimate of drug-likeness (QED) is 0.585. The van der Waals surface area contributed by atoms with Crippen molar-refractivity contribution in [1.82, 2.24) is 24.9 Å². The van der Waals surface area contributed by atoms with Crippen molar-refractivity contribution < 1.29 is 13.2 Å². The average Bonchev–Trinajstić information content (AvgIpc) is 3.00. The Labute approximate surface area is 167 Å². The van der Waals surface area contributed by atoms with E-state index in [1.807, 2.05) is 19.9 Å². The van der Waals surface area contributed by atoms with E-state index in [1.165, 1.54) is 35.0 Å². The summed E-state index contributed by atoms with van der Waals surface area (Å²) in [6.45, 7) is 4.07. The van der Waals surface area contributed by atoms with Crippen LogP contribution in [0.2, 0.25) is 0 Å². The largest absolute Gasteiger partial charge is 0.350 e. The Balaban J connectivity index is 1.67. The zero-order valence-electron chi connectivity index (χ0n) is 15.9. The highest BCUT2D eigenvalue weighted by molar-refractivity contribution is 7.89. The van der Waals surface area contributed by atoms with E-state index in [0.717, 1.165) is 11.4 Å². The van der Waals surface area contributed by atoms with E-state index in [-0.39, 0.29) is 29.1 Å². The molecule has 29 heavy (non-hydrogen) atoms. The molecular formula is C18H20N6O4S. The van der Waals surface area contributed by atoms with Gasteiger partial charge >= 0.3 is 0 Å². The van der Waals surface area contributed by atoms with Crippen LogP contribution >= 0.6 is 0 Å². The molecule has 3 aromatic rings. The Hall–Kier alpha value is -3.31. The number of sulfonamides is 1. The van der Waals surface area contributed by atoms with Crippen LogP contribution in [-0.4, -0.2) is 40.4 Å². The first-order chi connectivity index (χ1) is 13.6. The molecule has 0 unspecified atom stereocenters. The Kier molecular flexibility index (Phi) is 5.62. The van der Waals surface area contributed by atoms with E-state index in [4.69, 9.17) is 5.14 Å². The summed E-state index contributed by atoms with van der Waals surface area (Å²) < 4.78 is 25.4. The van der Waals surface area contributed by atoms with E-state index in [9.17, 15) is 18.0 Å². The molecule has 152 valence electrons. The first-order valence-electron chi connectivity index (χ1n) is 8.68. The van der Waals surface area contributed by atoms with E-state index in [0.29, 0.717) is 5.82 Å². The highest BCUT2D eigenvalue weighted by Crippen LogP contribution is 2.09. The summed E-state index contributed by atoms with van der Waals surface area (Å²) in [6, 6.07) is 10.1. The van der Waals surface area contributed by atoms with Crippen LogP contribution in [0.5, 0.6) is 0 Å². The zero-order chi connectivity index (χ0) is 21.2. The summed E-state index contributed by atoms with van der Waals surface area (Å²) >= 11 is 0. The zero-order valence-corrected chi connectivity index (χ0v) is 16.7. The van der Waals surface area contributed by atoms with Crippen LogP contribution in [0, 0.1) is 13.8 Å². The minimum Gasteiger partial charge on any atom is -0.350 e. The van der Waals surface area contributed by atoms with Crippen molar-refractivity contribution >= 4 is 15.9 Å². The lowest BCUT2D eigenvalue weighted by atomic mass is 10.2. The summed E-state index contributed by atoms with van der Waals surface area (Å²) in [5, 5.41) is 16.3. The summed E-state index contributed by atoms with van der Waals surface area (Å²) in [4.78, 5) is 24.2. The Morgan fingerprint density at radius 1 is 1.10 bits per heavy atom. The summed E-state index contributed by atoms with van der Waals surface area (Å²) in [7, 11) is -3.82. The number of nitrogens with zero attached hydrogens (tertiary/aromatic N) is 4. The lowest BCUT2D eigenvalue weighted by molar-refractivity contribution is 0.0951. The molecule has 0 bridgehead atoms. The van der Waals surface area contributed by atoms with Crippen LogP contribution in [0.1, 0.15) is 21.7 Å². The molecular weight excluding hydrogens is 396 g/mol. The molecule has 0 aliphatic heterocycles. The fourth-order valence-electron chi connectivity index (χ4n) is 2.75. The number of primary sulfonamides is 1. The van der Waals surface area contributed by atoms with E-state index in [1.54, 1.807) is 10.7 Å². The van der Waals surface area contributed by atoms with Gasteiger partial charge in [0.25, 0.3) is 11.5 Å². The second-order valence-corrected chi connectivity index (χ2v) is 7.98. The maximum atomic E-state index is 12.2. The van der Waals surface area contributed by atoms with Gasteiger partial charge in [-0.3, -0.25) is 9.59 Å². The van der Waals surface area contributed by atoms with Crippen LogP contribution < -0.4 is 16.0 Å². The number of hydrogen-bond acceptors (Lipinski definition) is 6. The third-order valence-corrected chi connectivity index (χ3v) is 5.06. The molecule has 10 nitrogen and oxygen atoms in total. The monoisotopic (exact) mass is 416 g/mol. The number of amides is 1. The lowest BCUT2D eigenvalue weighted by Crippen LogP contribution is -2.32. The SMILES string of the molecule is Cc1cc(C)n(-c2ccc(=O)n(CCNC(=O)c3ccc(S(N)(=O)=O)cc3)n2)n1. The van der Waals surface area contributed by atoms with Gasteiger partial charge < -0.3 is 5.32 Å². The molecule has 0 aliphatic rings. The van der Waals surface area contributed by atoms with E-state index >= 15 is 0 Å². The van der Waals surface area contributed by atoms with Crippen LogP contribution in [0.3, 0.4) is 0 Å². The molecule has 0 fully saturated rings. The Morgan fingerprint density at radius 3 is 2.38 bits per heavy atom. The smallest absolute Gasteiger partial charge is 0.266 e. The molecule has 0 aliphatic carbocycles. The molecule has 0 radical (unpaired) electrons. The van der Waals surface area contributed by atoms with Gasteiger partial charge in [0, 0.05) is 23.9 Å². The predicted octanol–water partition coefficient (Wildman–Crippen LogP) is 0.123. The molecule has 2 heterocycles. The van der Waals surface area contributed by atoms with E-state index in [2.05, 4.69) is 15.5 Å². The molecule has 0 atom stereocenters. The number of aromatic nitrogens is 4. The van der Waals surface area contributed by atoms with Crippen molar-refractivity contribution in [2.75, 3.05) is 6.54 Å². The fourth-order valence-corrected chi connectivity index (χ4v) is 3.26. The fraction of sp³-hybridized carbons (Fsp3) is 0.222. The Bertz CT molecular complexity index is 1210. The number of carbonyl (C=O) groups is 1. The van der Waals surface area contributed by atoms with Crippen molar-refractivity contribution in [3.8, 4) is 5.82 Å². The molecule has 11 heteroatoms. The van der Waals surface area contributed by atoms with Crippen molar-refractivity contribution in [3.05, 3.63) is 69.8 Å². The molecule has 3 N–H and O–H groups in total. The number of rotatable bonds is 6. The van der Waals surface area contributed by atoms with E-state index < -0.39 is 15.9 Å². The molecule has 0 saturated heterocycles. The van der Waals surface area contributed by atoms with Crippen molar-refractivity contribution in [3.63, 3.8) is 0 Å². The van der Waals surface area contributed by atoms with Crippen molar-refractivity contribution in [1.29, 1.82) is 0 Å². The highest BCUT2D eigenvalue weighted by atomic mass is 32.2. The Morgan fingerprint density at radius 2 is 1.79 bits per heavy atom. The van der Waals surface area contributed by atoms with Crippen LogP contribution in [0.25, 0.3) is 5.82 Å². The third-order valence-electron chi connectivity index (χ3n) is 4.13. The molecule has 0 spiro atoms. The predicted molar refractivity (Wildman–Crippen MR) is 105 cm³/mol. The standard InChI is InChI=1S/C18H20N6O4S/c1-12-11-13(2)24(21-12)16-7-8-17(25)23(22-16)10-9-20-18(26)14-3-5-15(6-4-14)29(19,27)28/h3-8,11H,9-10H2,1-2H3,(H,20,26)(H2,19,27,28). The average molecular weight is 416 g/mol. The van der Waals surface area contributed by atoms with Crippen molar-refractivity contribution in [2.45, 2.75) is 25.3 Å². The summed E-state index contributed by atoms with van der Waals surface area (Å²) in [6.07, 6.45) is 0. The van der Waals surface area contributed by atoms with Gasteiger partial charge in [-0.1, -0.05) is 0 Å². The van der Waals surface area contributed by atoms with Gasteiger partial charge in [-0.2, -0.15) is 5.10 Å². The number of nitrogens with two attached hydrogens (primary N) is 1. The normalized spacial score (nSPS) is 11.4. The summed E-state index contributed by atoms with van der Waals surface area (Å²) in [5.41, 5.74) is 1.69. The second-order valence-electron chi connectivity index (χ2n) is 6.42.